The summed E-state index contributed by atoms with van der Waals surface area (Å²) in [7, 11) is 0. The van der Waals surface area contributed by atoms with E-state index in [0.29, 0.717) is 11.4 Å². The van der Waals surface area contributed by atoms with Crippen molar-refractivity contribution in [2.45, 2.75) is 6.92 Å². The van der Waals surface area contributed by atoms with Crippen molar-refractivity contribution in [1.29, 1.82) is 0 Å². The molecule has 1 aliphatic heterocycles. The molecule has 1 saturated heterocycles. The van der Waals surface area contributed by atoms with Gasteiger partial charge in [-0.3, -0.25) is 19.5 Å². The SMILES string of the molecule is Cc1ccc(N2C(=O)[C@@H](C=Nc3cccc(O)c3)C(=O)NC2=S)cc1. The highest BCUT2D eigenvalue weighted by Gasteiger charge is 2.38. The van der Waals surface area contributed by atoms with Gasteiger partial charge in [-0.2, -0.15) is 0 Å². The molecular weight excluding hydrogens is 338 g/mol. The molecule has 0 aromatic heterocycles. The van der Waals surface area contributed by atoms with E-state index in [4.69, 9.17) is 12.2 Å². The van der Waals surface area contributed by atoms with Crippen molar-refractivity contribution >= 4 is 46.7 Å². The molecule has 2 aromatic rings. The maximum absolute atomic E-state index is 12.8. The quantitative estimate of drug-likeness (QED) is 0.504. The van der Waals surface area contributed by atoms with Crippen LogP contribution < -0.4 is 10.2 Å². The summed E-state index contributed by atoms with van der Waals surface area (Å²) in [6.07, 6.45) is 1.26. The van der Waals surface area contributed by atoms with Gasteiger partial charge in [0, 0.05) is 12.3 Å². The first kappa shape index (κ1) is 16.8. The number of rotatable bonds is 3. The lowest BCUT2D eigenvalue weighted by atomic mass is 10.1. The fourth-order valence-corrected chi connectivity index (χ4v) is 2.69. The van der Waals surface area contributed by atoms with Gasteiger partial charge < -0.3 is 10.4 Å². The van der Waals surface area contributed by atoms with Gasteiger partial charge in [0.1, 0.15) is 5.75 Å². The van der Waals surface area contributed by atoms with E-state index in [1.165, 1.54) is 23.2 Å². The van der Waals surface area contributed by atoms with Gasteiger partial charge in [-0.15, -0.1) is 0 Å². The molecule has 7 heteroatoms. The van der Waals surface area contributed by atoms with Gasteiger partial charge in [-0.05, 0) is 43.4 Å². The normalized spacial score (nSPS) is 17.9. The van der Waals surface area contributed by atoms with Crippen molar-refractivity contribution in [1.82, 2.24) is 5.32 Å². The third-order valence-corrected chi connectivity index (χ3v) is 3.98. The van der Waals surface area contributed by atoms with Gasteiger partial charge in [0.2, 0.25) is 5.91 Å². The third kappa shape index (κ3) is 3.56. The second kappa shape index (κ2) is 6.82. The molecule has 126 valence electrons. The fourth-order valence-electron chi connectivity index (χ4n) is 2.39. The van der Waals surface area contributed by atoms with Crippen molar-refractivity contribution in [3.05, 3.63) is 54.1 Å². The number of hydrogen-bond donors (Lipinski definition) is 2. The van der Waals surface area contributed by atoms with Gasteiger partial charge >= 0.3 is 0 Å². The molecule has 0 saturated carbocycles. The third-order valence-electron chi connectivity index (χ3n) is 3.70. The van der Waals surface area contributed by atoms with E-state index in [1.807, 2.05) is 19.1 Å². The molecule has 0 spiro atoms. The van der Waals surface area contributed by atoms with Crippen molar-refractivity contribution in [3.63, 3.8) is 0 Å². The molecule has 1 atom stereocenters. The zero-order chi connectivity index (χ0) is 18.0. The smallest absolute Gasteiger partial charge is 0.251 e. The van der Waals surface area contributed by atoms with Crippen molar-refractivity contribution in [2.75, 3.05) is 4.90 Å². The number of benzene rings is 2. The first-order chi connectivity index (χ1) is 12.0. The average Bonchev–Trinajstić information content (AvgIpc) is 2.56. The highest BCUT2D eigenvalue weighted by molar-refractivity contribution is 7.80. The van der Waals surface area contributed by atoms with E-state index in [2.05, 4.69) is 10.3 Å². The molecular formula is C18H15N3O3S. The molecule has 1 aliphatic rings. The van der Waals surface area contributed by atoms with Crippen LogP contribution in [0.25, 0.3) is 0 Å². The molecule has 0 unspecified atom stereocenters. The summed E-state index contributed by atoms with van der Waals surface area (Å²) in [5, 5.41) is 12.0. The van der Waals surface area contributed by atoms with E-state index in [-0.39, 0.29) is 10.9 Å². The summed E-state index contributed by atoms with van der Waals surface area (Å²) < 4.78 is 0. The molecule has 6 nitrogen and oxygen atoms in total. The van der Waals surface area contributed by atoms with Gasteiger partial charge in [-0.25, -0.2) is 0 Å². The van der Waals surface area contributed by atoms with Gasteiger partial charge in [-0.1, -0.05) is 23.8 Å². The van der Waals surface area contributed by atoms with Gasteiger partial charge in [0.05, 0.1) is 11.4 Å². The van der Waals surface area contributed by atoms with Crippen LogP contribution in [0.5, 0.6) is 5.75 Å². The number of carbonyl (C=O) groups excluding carboxylic acids is 2. The molecule has 0 bridgehead atoms. The molecule has 1 heterocycles. The Morgan fingerprint density at radius 2 is 1.92 bits per heavy atom. The van der Waals surface area contributed by atoms with E-state index in [1.54, 1.807) is 24.3 Å². The van der Waals surface area contributed by atoms with Crippen LogP contribution in [-0.2, 0) is 9.59 Å². The Labute approximate surface area is 149 Å². The van der Waals surface area contributed by atoms with E-state index < -0.39 is 17.7 Å². The number of nitrogens with zero attached hydrogens (tertiary/aromatic N) is 2. The average molecular weight is 353 g/mol. The standard InChI is InChI=1S/C18H15N3O3S/c1-11-5-7-13(8-6-11)21-17(24)15(16(23)20-18(21)25)10-19-12-3-2-4-14(22)9-12/h2-10,15,22H,1H3,(H,20,23,25)/t15-/m0/s1. The van der Waals surface area contributed by atoms with Crippen LogP contribution >= 0.6 is 12.2 Å². The van der Waals surface area contributed by atoms with E-state index in [9.17, 15) is 14.7 Å². The van der Waals surface area contributed by atoms with Crippen LogP contribution in [0.4, 0.5) is 11.4 Å². The predicted molar refractivity (Wildman–Crippen MR) is 99.2 cm³/mol. The second-order valence-electron chi connectivity index (χ2n) is 5.58. The monoisotopic (exact) mass is 353 g/mol. The summed E-state index contributed by atoms with van der Waals surface area (Å²) in [4.78, 5) is 30.3. The number of aliphatic imine (C=N–C) groups is 1. The molecule has 2 N–H and O–H groups in total. The van der Waals surface area contributed by atoms with Crippen LogP contribution in [0.1, 0.15) is 5.56 Å². The lowest BCUT2D eigenvalue weighted by Crippen LogP contribution is -2.58. The molecule has 25 heavy (non-hydrogen) atoms. The van der Waals surface area contributed by atoms with Crippen LogP contribution in [0.2, 0.25) is 0 Å². The number of thiocarbonyl (C=S) groups is 1. The Balaban J connectivity index is 1.89. The van der Waals surface area contributed by atoms with Crippen LogP contribution in [0, 0.1) is 12.8 Å². The summed E-state index contributed by atoms with van der Waals surface area (Å²) in [6.45, 7) is 1.94. The highest BCUT2D eigenvalue weighted by atomic mass is 32.1. The Hall–Kier alpha value is -3.06. The first-order valence-corrected chi connectivity index (χ1v) is 7.95. The van der Waals surface area contributed by atoms with Gasteiger partial charge in [0.25, 0.3) is 5.91 Å². The minimum Gasteiger partial charge on any atom is -0.508 e. The lowest BCUT2D eigenvalue weighted by Gasteiger charge is -2.30. The Morgan fingerprint density at radius 3 is 2.60 bits per heavy atom. The topological polar surface area (TPSA) is 82.0 Å². The van der Waals surface area contributed by atoms with Crippen LogP contribution in [-0.4, -0.2) is 28.2 Å². The Bertz CT molecular complexity index is 877. The minimum absolute atomic E-state index is 0.0425. The summed E-state index contributed by atoms with van der Waals surface area (Å²) in [5.74, 6) is -2.05. The predicted octanol–water partition coefficient (Wildman–Crippen LogP) is 2.47. The van der Waals surface area contributed by atoms with Crippen LogP contribution in [0.3, 0.4) is 0 Å². The van der Waals surface area contributed by atoms with Gasteiger partial charge in [0.15, 0.2) is 11.0 Å². The summed E-state index contributed by atoms with van der Waals surface area (Å²) >= 11 is 5.14. The largest absolute Gasteiger partial charge is 0.508 e. The van der Waals surface area contributed by atoms with Crippen LogP contribution in [0.15, 0.2) is 53.5 Å². The summed E-state index contributed by atoms with van der Waals surface area (Å²) in [5.41, 5.74) is 2.07. The Kier molecular flexibility index (Phi) is 4.58. The zero-order valence-corrected chi connectivity index (χ0v) is 14.2. The number of phenolic OH excluding ortho intramolecular Hbond substituents is 1. The highest BCUT2D eigenvalue weighted by Crippen LogP contribution is 2.22. The number of phenols is 1. The molecule has 0 aliphatic carbocycles. The maximum Gasteiger partial charge on any atom is 0.251 e. The number of anilines is 1. The molecule has 0 radical (unpaired) electrons. The number of aromatic hydroxyl groups is 1. The maximum atomic E-state index is 12.8. The lowest BCUT2D eigenvalue weighted by molar-refractivity contribution is -0.130. The van der Waals surface area contributed by atoms with Crippen molar-refractivity contribution in [3.8, 4) is 5.75 Å². The second-order valence-corrected chi connectivity index (χ2v) is 5.97. The number of nitrogens with one attached hydrogen (secondary N) is 1. The number of amides is 2. The zero-order valence-electron chi connectivity index (χ0n) is 13.3. The van der Waals surface area contributed by atoms with E-state index >= 15 is 0 Å². The molecule has 2 aromatic carbocycles. The fraction of sp³-hybridized carbons (Fsp3) is 0.111. The van der Waals surface area contributed by atoms with Crippen molar-refractivity contribution in [2.24, 2.45) is 10.9 Å². The Morgan fingerprint density at radius 1 is 1.20 bits per heavy atom. The molecule has 2 amide bonds. The van der Waals surface area contributed by atoms with Crippen molar-refractivity contribution < 1.29 is 14.7 Å². The molecule has 3 rings (SSSR count). The summed E-state index contributed by atoms with van der Waals surface area (Å²) in [6, 6.07) is 13.5. The number of carbonyl (C=O) groups is 2. The molecule has 1 fully saturated rings. The number of hydrogen-bond acceptors (Lipinski definition) is 5. The van der Waals surface area contributed by atoms with E-state index in [0.717, 1.165) is 5.56 Å². The minimum atomic E-state index is -1.10. The number of aryl methyl sites for hydroxylation is 1. The first-order valence-electron chi connectivity index (χ1n) is 7.54.